The smallest absolute Gasteiger partial charge is 0.191 e. The van der Waals surface area contributed by atoms with E-state index in [1.54, 1.807) is 14.2 Å². The molecule has 0 saturated carbocycles. The standard InChI is InChI=1S/C22H39N5O2.HI/c1-6-23-22(25-16-19-8-9-20(28-4)21(14-19)29-5)24-15-18(3)17-27-12-10-26(7-2)11-13-27;/h8-9,14,18H,6-7,10-13,15-17H2,1-5H3,(H2,23,24,25);1H. The molecule has 2 rings (SSSR count). The Morgan fingerprint density at radius 2 is 1.70 bits per heavy atom. The Morgan fingerprint density at radius 1 is 1.03 bits per heavy atom. The molecule has 1 unspecified atom stereocenters. The van der Waals surface area contributed by atoms with Gasteiger partial charge in [-0.15, -0.1) is 24.0 Å². The van der Waals surface area contributed by atoms with Crippen molar-refractivity contribution in [1.29, 1.82) is 0 Å². The third kappa shape index (κ3) is 8.85. The third-order valence-corrected chi connectivity index (χ3v) is 5.31. The van der Waals surface area contributed by atoms with Gasteiger partial charge in [-0.1, -0.05) is 19.9 Å². The zero-order valence-electron chi connectivity index (χ0n) is 19.2. The number of methoxy groups -OCH3 is 2. The minimum atomic E-state index is 0. The Labute approximate surface area is 199 Å². The molecule has 30 heavy (non-hydrogen) atoms. The van der Waals surface area contributed by atoms with Crippen molar-refractivity contribution in [3.05, 3.63) is 23.8 Å². The Hall–Kier alpha value is -1.26. The van der Waals surface area contributed by atoms with Crippen molar-refractivity contribution in [3.8, 4) is 11.5 Å². The molecule has 2 N–H and O–H groups in total. The van der Waals surface area contributed by atoms with E-state index in [-0.39, 0.29) is 24.0 Å². The molecule has 1 aromatic carbocycles. The highest BCUT2D eigenvalue weighted by atomic mass is 127. The molecule has 0 radical (unpaired) electrons. The lowest BCUT2D eigenvalue weighted by molar-refractivity contribution is 0.124. The number of likely N-dealkylation sites (N-methyl/N-ethyl adjacent to an activating group) is 1. The molecule has 172 valence electrons. The second-order valence-electron chi connectivity index (χ2n) is 7.61. The van der Waals surface area contributed by atoms with Gasteiger partial charge in [-0.05, 0) is 37.1 Å². The van der Waals surface area contributed by atoms with Gasteiger partial charge < -0.3 is 29.9 Å². The fourth-order valence-corrected chi connectivity index (χ4v) is 3.56. The minimum Gasteiger partial charge on any atom is -0.493 e. The third-order valence-electron chi connectivity index (χ3n) is 5.31. The summed E-state index contributed by atoms with van der Waals surface area (Å²) in [6, 6.07) is 5.92. The predicted octanol–water partition coefficient (Wildman–Crippen LogP) is 2.65. The zero-order valence-corrected chi connectivity index (χ0v) is 21.6. The van der Waals surface area contributed by atoms with Gasteiger partial charge >= 0.3 is 0 Å². The number of hydrogen-bond acceptors (Lipinski definition) is 5. The molecule has 0 aromatic heterocycles. The van der Waals surface area contributed by atoms with Gasteiger partial charge in [0.25, 0.3) is 0 Å². The highest BCUT2D eigenvalue weighted by Gasteiger charge is 2.17. The Balaban J connectivity index is 0.00000450. The van der Waals surface area contributed by atoms with Gasteiger partial charge in [-0.2, -0.15) is 0 Å². The predicted molar refractivity (Wildman–Crippen MR) is 135 cm³/mol. The molecule has 0 amide bonds. The number of nitrogens with one attached hydrogen (secondary N) is 2. The Morgan fingerprint density at radius 3 is 2.30 bits per heavy atom. The number of rotatable bonds is 10. The van der Waals surface area contributed by atoms with Crippen molar-refractivity contribution >= 4 is 29.9 Å². The number of benzene rings is 1. The van der Waals surface area contributed by atoms with Gasteiger partial charge in [0.15, 0.2) is 17.5 Å². The number of piperazine rings is 1. The molecular formula is C22H40IN5O2. The van der Waals surface area contributed by atoms with Crippen LogP contribution in [0.15, 0.2) is 23.2 Å². The molecular weight excluding hydrogens is 493 g/mol. The lowest BCUT2D eigenvalue weighted by Gasteiger charge is -2.35. The molecule has 1 atom stereocenters. The number of guanidine groups is 1. The fraction of sp³-hybridized carbons (Fsp3) is 0.682. The van der Waals surface area contributed by atoms with Crippen LogP contribution in [0.2, 0.25) is 0 Å². The summed E-state index contributed by atoms with van der Waals surface area (Å²) in [6.07, 6.45) is 0. The highest BCUT2D eigenvalue weighted by Crippen LogP contribution is 2.27. The molecule has 1 saturated heterocycles. The maximum absolute atomic E-state index is 5.38. The van der Waals surface area contributed by atoms with Gasteiger partial charge in [0, 0.05) is 45.8 Å². The first-order valence-corrected chi connectivity index (χ1v) is 10.8. The van der Waals surface area contributed by atoms with E-state index in [0.29, 0.717) is 12.5 Å². The van der Waals surface area contributed by atoms with Gasteiger partial charge in [-0.25, -0.2) is 4.99 Å². The molecule has 0 aliphatic carbocycles. The fourth-order valence-electron chi connectivity index (χ4n) is 3.56. The normalized spacial score (nSPS) is 16.5. The van der Waals surface area contributed by atoms with Gasteiger partial charge in [-0.3, -0.25) is 0 Å². The maximum atomic E-state index is 5.38. The number of aliphatic imine (C=N–C) groups is 1. The number of nitrogens with zero attached hydrogens (tertiary/aromatic N) is 3. The SMILES string of the molecule is CCNC(=NCc1ccc(OC)c(OC)c1)NCC(C)CN1CCN(CC)CC1.I. The first kappa shape index (κ1) is 26.8. The summed E-state index contributed by atoms with van der Waals surface area (Å²) >= 11 is 0. The summed E-state index contributed by atoms with van der Waals surface area (Å²) in [5.74, 6) is 2.88. The Bertz CT molecular complexity index is 636. The van der Waals surface area contributed by atoms with Crippen LogP contribution in [-0.2, 0) is 6.54 Å². The average molecular weight is 533 g/mol. The van der Waals surface area contributed by atoms with E-state index >= 15 is 0 Å². The van der Waals surface area contributed by atoms with Gasteiger partial charge in [0.1, 0.15) is 0 Å². The van der Waals surface area contributed by atoms with Crippen LogP contribution in [0, 0.1) is 5.92 Å². The average Bonchev–Trinajstić information content (AvgIpc) is 2.75. The second kappa shape index (κ2) is 14.7. The van der Waals surface area contributed by atoms with E-state index in [9.17, 15) is 0 Å². The summed E-state index contributed by atoms with van der Waals surface area (Å²) in [5.41, 5.74) is 1.08. The summed E-state index contributed by atoms with van der Waals surface area (Å²) in [7, 11) is 3.30. The first-order valence-electron chi connectivity index (χ1n) is 10.8. The van der Waals surface area contributed by atoms with E-state index in [1.807, 2.05) is 18.2 Å². The Kier molecular flexibility index (Phi) is 13.1. The van der Waals surface area contributed by atoms with Crippen LogP contribution in [0.3, 0.4) is 0 Å². The summed E-state index contributed by atoms with van der Waals surface area (Å²) in [6.45, 7) is 16.0. The molecule has 1 aliphatic rings. The topological polar surface area (TPSA) is 61.4 Å². The monoisotopic (exact) mass is 533 g/mol. The zero-order chi connectivity index (χ0) is 21.1. The van der Waals surface area contributed by atoms with Crippen LogP contribution in [0.5, 0.6) is 11.5 Å². The first-order chi connectivity index (χ1) is 14.1. The van der Waals surface area contributed by atoms with Gasteiger partial charge in [0.05, 0.1) is 20.8 Å². The molecule has 0 spiro atoms. The number of hydrogen-bond donors (Lipinski definition) is 2. The second-order valence-corrected chi connectivity index (χ2v) is 7.61. The van der Waals surface area contributed by atoms with E-state index in [0.717, 1.165) is 49.2 Å². The van der Waals surface area contributed by atoms with E-state index < -0.39 is 0 Å². The number of halogens is 1. The van der Waals surface area contributed by atoms with Crippen LogP contribution < -0.4 is 20.1 Å². The van der Waals surface area contributed by atoms with E-state index in [1.165, 1.54) is 26.2 Å². The highest BCUT2D eigenvalue weighted by molar-refractivity contribution is 14.0. The van der Waals surface area contributed by atoms with E-state index in [2.05, 4.69) is 41.2 Å². The van der Waals surface area contributed by atoms with E-state index in [4.69, 9.17) is 14.5 Å². The lowest BCUT2D eigenvalue weighted by atomic mass is 10.1. The van der Waals surface area contributed by atoms with Crippen molar-refractivity contribution < 1.29 is 9.47 Å². The molecule has 1 fully saturated rings. The number of ether oxygens (including phenoxy) is 2. The maximum Gasteiger partial charge on any atom is 0.191 e. The van der Waals surface area contributed by atoms with Gasteiger partial charge in [0.2, 0.25) is 0 Å². The largest absolute Gasteiger partial charge is 0.493 e. The molecule has 1 aromatic rings. The minimum absolute atomic E-state index is 0. The van der Waals surface area contributed by atoms with Crippen molar-refractivity contribution in [2.24, 2.45) is 10.9 Å². The summed E-state index contributed by atoms with van der Waals surface area (Å²) in [4.78, 5) is 9.83. The van der Waals surface area contributed by atoms with Crippen molar-refractivity contribution in [3.63, 3.8) is 0 Å². The summed E-state index contributed by atoms with van der Waals surface area (Å²) < 4.78 is 10.7. The van der Waals surface area contributed by atoms with Crippen LogP contribution in [-0.4, -0.2) is 82.3 Å². The van der Waals surface area contributed by atoms with Crippen LogP contribution >= 0.6 is 24.0 Å². The molecule has 8 heteroatoms. The van der Waals surface area contributed by atoms with Crippen LogP contribution in [0.1, 0.15) is 26.3 Å². The molecule has 1 aliphatic heterocycles. The lowest BCUT2D eigenvalue weighted by Crippen LogP contribution is -2.48. The molecule has 1 heterocycles. The quantitative estimate of drug-likeness (QED) is 0.274. The molecule has 0 bridgehead atoms. The van der Waals surface area contributed by atoms with Crippen LogP contribution in [0.4, 0.5) is 0 Å². The van der Waals surface area contributed by atoms with Crippen molar-refractivity contribution in [1.82, 2.24) is 20.4 Å². The van der Waals surface area contributed by atoms with Crippen LogP contribution in [0.25, 0.3) is 0 Å². The summed E-state index contributed by atoms with van der Waals surface area (Å²) in [5, 5.41) is 6.84. The van der Waals surface area contributed by atoms with Crippen molar-refractivity contribution in [2.75, 3.05) is 66.6 Å². The van der Waals surface area contributed by atoms with Crippen molar-refractivity contribution in [2.45, 2.75) is 27.3 Å². The molecule has 7 nitrogen and oxygen atoms in total.